The van der Waals surface area contributed by atoms with E-state index in [1.54, 1.807) is 0 Å². The highest BCUT2D eigenvalue weighted by Crippen LogP contribution is 2.26. The standard InChI is InChI=1S/C17H27NOS/c1-3-11-20-13-16(18-4-2)7-5-14-6-8-17-15(12-14)9-10-19-17/h6,8,12,16,18H,3-5,7,9-11,13H2,1-2H3. The smallest absolute Gasteiger partial charge is 0.122 e. The zero-order valence-electron chi connectivity index (χ0n) is 12.8. The Morgan fingerprint density at radius 2 is 2.25 bits per heavy atom. The van der Waals surface area contributed by atoms with Crippen molar-refractivity contribution in [1.82, 2.24) is 5.32 Å². The fourth-order valence-corrected chi connectivity index (χ4v) is 3.66. The SMILES string of the molecule is CCCSCC(CCc1ccc2c(c1)CCO2)NCC. The maximum Gasteiger partial charge on any atom is 0.122 e. The maximum atomic E-state index is 5.57. The highest BCUT2D eigenvalue weighted by atomic mass is 32.2. The predicted molar refractivity (Wildman–Crippen MR) is 89.0 cm³/mol. The number of thioether (sulfide) groups is 1. The average Bonchev–Trinajstić information content (AvgIpc) is 2.92. The van der Waals surface area contributed by atoms with E-state index < -0.39 is 0 Å². The van der Waals surface area contributed by atoms with Crippen LogP contribution < -0.4 is 10.1 Å². The molecule has 0 aromatic heterocycles. The third-order valence-electron chi connectivity index (χ3n) is 3.70. The molecule has 112 valence electrons. The number of fused-ring (bicyclic) bond motifs is 1. The lowest BCUT2D eigenvalue weighted by Gasteiger charge is -2.17. The Morgan fingerprint density at radius 3 is 3.05 bits per heavy atom. The minimum atomic E-state index is 0.640. The first-order chi connectivity index (χ1) is 9.83. The summed E-state index contributed by atoms with van der Waals surface area (Å²) < 4.78 is 5.57. The summed E-state index contributed by atoms with van der Waals surface area (Å²) in [7, 11) is 0. The van der Waals surface area contributed by atoms with E-state index in [0.717, 1.165) is 31.7 Å². The van der Waals surface area contributed by atoms with Crippen LogP contribution in [0.15, 0.2) is 18.2 Å². The molecular weight excluding hydrogens is 266 g/mol. The van der Waals surface area contributed by atoms with Crippen molar-refractivity contribution in [3.8, 4) is 5.75 Å². The molecule has 0 radical (unpaired) electrons. The number of aryl methyl sites for hydroxylation is 1. The quantitative estimate of drug-likeness (QED) is 0.702. The molecule has 0 amide bonds. The molecular formula is C17H27NOS. The molecule has 1 aliphatic heterocycles. The first-order valence-electron chi connectivity index (χ1n) is 7.89. The van der Waals surface area contributed by atoms with Crippen molar-refractivity contribution in [2.24, 2.45) is 0 Å². The monoisotopic (exact) mass is 293 g/mol. The summed E-state index contributed by atoms with van der Waals surface area (Å²) in [6.07, 6.45) is 4.74. The van der Waals surface area contributed by atoms with E-state index in [9.17, 15) is 0 Å². The molecule has 2 nitrogen and oxygen atoms in total. The van der Waals surface area contributed by atoms with E-state index in [0.29, 0.717) is 6.04 Å². The molecule has 0 spiro atoms. The van der Waals surface area contributed by atoms with Crippen LogP contribution >= 0.6 is 11.8 Å². The van der Waals surface area contributed by atoms with Gasteiger partial charge in [0.2, 0.25) is 0 Å². The van der Waals surface area contributed by atoms with Gasteiger partial charge >= 0.3 is 0 Å². The Kier molecular flexibility index (Phi) is 6.74. The normalized spacial score (nSPS) is 14.9. The number of nitrogens with one attached hydrogen (secondary N) is 1. The second-order valence-corrected chi connectivity index (χ2v) is 6.56. The molecule has 0 saturated carbocycles. The molecule has 1 unspecified atom stereocenters. The van der Waals surface area contributed by atoms with Crippen molar-refractivity contribution >= 4 is 11.8 Å². The Labute approximate surface area is 127 Å². The van der Waals surface area contributed by atoms with Crippen LogP contribution in [0.4, 0.5) is 0 Å². The van der Waals surface area contributed by atoms with Crippen molar-refractivity contribution in [2.75, 3.05) is 24.7 Å². The highest BCUT2D eigenvalue weighted by molar-refractivity contribution is 7.99. The van der Waals surface area contributed by atoms with Crippen LogP contribution in [0.1, 0.15) is 37.8 Å². The zero-order chi connectivity index (χ0) is 14.2. The van der Waals surface area contributed by atoms with E-state index >= 15 is 0 Å². The molecule has 0 aliphatic carbocycles. The zero-order valence-corrected chi connectivity index (χ0v) is 13.6. The molecule has 20 heavy (non-hydrogen) atoms. The topological polar surface area (TPSA) is 21.3 Å². The van der Waals surface area contributed by atoms with Gasteiger partial charge in [0.15, 0.2) is 0 Å². The third kappa shape index (κ3) is 4.71. The van der Waals surface area contributed by atoms with E-state index in [1.807, 2.05) is 0 Å². The van der Waals surface area contributed by atoms with Crippen molar-refractivity contribution in [2.45, 2.75) is 45.6 Å². The molecule has 1 heterocycles. The minimum Gasteiger partial charge on any atom is -0.493 e. The maximum absolute atomic E-state index is 5.57. The van der Waals surface area contributed by atoms with Gasteiger partial charge in [0.25, 0.3) is 0 Å². The molecule has 1 aromatic carbocycles. The molecule has 2 rings (SSSR count). The third-order valence-corrected chi connectivity index (χ3v) is 5.03. The van der Waals surface area contributed by atoms with Gasteiger partial charge in [-0.15, -0.1) is 0 Å². The van der Waals surface area contributed by atoms with Gasteiger partial charge in [-0.25, -0.2) is 0 Å². The fourth-order valence-electron chi connectivity index (χ4n) is 2.64. The first kappa shape index (κ1) is 15.7. The summed E-state index contributed by atoms with van der Waals surface area (Å²) in [5.41, 5.74) is 2.85. The second-order valence-electron chi connectivity index (χ2n) is 5.41. The Balaban J connectivity index is 1.81. The van der Waals surface area contributed by atoms with Crippen molar-refractivity contribution < 1.29 is 4.74 Å². The second kappa shape index (κ2) is 8.58. The molecule has 1 aromatic rings. The van der Waals surface area contributed by atoms with Crippen molar-refractivity contribution in [1.29, 1.82) is 0 Å². The lowest BCUT2D eigenvalue weighted by atomic mass is 10.0. The fraction of sp³-hybridized carbons (Fsp3) is 0.647. The number of ether oxygens (including phenoxy) is 1. The summed E-state index contributed by atoms with van der Waals surface area (Å²) >= 11 is 2.07. The summed E-state index contributed by atoms with van der Waals surface area (Å²) in [4.78, 5) is 0. The van der Waals surface area contributed by atoms with Gasteiger partial charge in [-0.05, 0) is 48.8 Å². The summed E-state index contributed by atoms with van der Waals surface area (Å²) in [5, 5.41) is 3.62. The number of rotatable bonds is 9. The lowest BCUT2D eigenvalue weighted by Crippen LogP contribution is -2.31. The summed E-state index contributed by atoms with van der Waals surface area (Å²) in [6.45, 7) is 6.37. The predicted octanol–water partition coefficient (Wildman–Crippen LogP) is 3.68. The van der Waals surface area contributed by atoms with Crippen LogP contribution in [0.5, 0.6) is 5.75 Å². The van der Waals surface area contributed by atoms with Crippen molar-refractivity contribution in [3.05, 3.63) is 29.3 Å². The van der Waals surface area contributed by atoms with Gasteiger partial charge in [0.1, 0.15) is 5.75 Å². The largest absolute Gasteiger partial charge is 0.493 e. The van der Waals surface area contributed by atoms with Crippen molar-refractivity contribution in [3.63, 3.8) is 0 Å². The van der Waals surface area contributed by atoms with Gasteiger partial charge in [-0.2, -0.15) is 11.8 Å². The molecule has 3 heteroatoms. The van der Waals surface area contributed by atoms with Crippen LogP contribution in [0, 0.1) is 0 Å². The molecule has 1 N–H and O–H groups in total. The Hall–Kier alpha value is -0.670. The average molecular weight is 293 g/mol. The van der Waals surface area contributed by atoms with Crippen LogP contribution in [-0.2, 0) is 12.8 Å². The van der Waals surface area contributed by atoms with Gasteiger partial charge < -0.3 is 10.1 Å². The highest BCUT2D eigenvalue weighted by Gasteiger charge is 2.13. The molecule has 0 fully saturated rings. The van der Waals surface area contributed by atoms with Crippen LogP contribution in [-0.4, -0.2) is 30.7 Å². The molecule has 1 atom stereocenters. The van der Waals surface area contributed by atoms with Gasteiger partial charge in [0, 0.05) is 18.2 Å². The number of hydrogen-bond acceptors (Lipinski definition) is 3. The van der Waals surface area contributed by atoms with Gasteiger partial charge in [0.05, 0.1) is 6.61 Å². The summed E-state index contributed by atoms with van der Waals surface area (Å²) in [5.74, 6) is 3.60. The number of benzene rings is 1. The minimum absolute atomic E-state index is 0.640. The van der Waals surface area contributed by atoms with Crippen LogP contribution in [0.3, 0.4) is 0 Å². The lowest BCUT2D eigenvalue weighted by molar-refractivity contribution is 0.357. The first-order valence-corrected chi connectivity index (χ1v) is 9.04. The molecule has 0 bridgehead atoms. The number of hydrogen-bond donors (Lipinski definition) is 1. The van der Waals surface area contributed by atoms with Crippen LogP contribution in [0.25, 0.3) is 0 Å². The van der Waals surface area contributed by atoms with E-state index in [-0.39, 0.29) is 0 Å². The van der Waals surface area contributed by atoms with Gasteiger partial charge in [-0.1, -0.05) is 26.0 Å². The van der Waals surface area contributed by atoms with E-state index in [2.05, 4.69) is 49.1 Å². The van der Waals surface area contributed by atoms with Gasteiger partial charge in [-0.3, -0.25) is 0 Å². The molecule has 0 saturated heterocycles. The van der Waals surface area contributed by atoms with Crippen LogP contribution in [0.2, 0.25) is 0 Å². The Morgan fingerprint density at radius 1 is 1.35 bits per heavy atom. The molecule has 1 aliphatic rings. The van der Waals surface area contributed by atoms with E-state index in [1.165, 1.54) is 35.5 Å². The van der Waals surface area contributed by atoms with E-state index in [4.69, 9.17) is 4.74 Å². The Bertz CT molecular complexity index is 408. The summed E-state index contributed by atoms with van der Waals surface area (Å²) in [6, 6.07) is 7.35.